The maximum atomic E-state index is 3.60. The summed E-state index contributed by atoms with van der Waals surface area (Å²) >= 11 is 0. The number of hydrogen-bond acceptors (Lipinski definition) is 1. The lowest BCUT2D eigenvalue weighted by atomic mass is 9.68. The molecule has 1 fully saturated rings. The number of fused-ring (bicyclic) bond motifs is 2. The Bertz CT molecular complexity index is 575. The molecule has 1 N–H and O–H groups in total. The highest BCUT2D eigenvalue weighted by Gasteiger charge is 2.39. The van der Waals surface area contributed by atoms with Crippen LogP contribution in [0.4, 0.5) is 0 Å². The fourth-order valence-electron chi connectivity index (χ4n) is 3.99. The largest absolute Gasteiger partial charge is 0.316 e. The molecule has 19 heavy (non-hydrogen) atoms. The molecular weight excluding hydrogens is 230 g/mol. The molecule has 2 aliphatic rings. The summed E-state index contributed by atoms with van der Waals surface area (Å²) in [6.45, 7) is 2.35. The third kappa shape index (κ3) is 1.81. The lowest BCUT2D eigenvalue weighted by Crippen LogP contribution is -2.29. The molecule has 0 radical (unpaired) electrons. The third-order valence-corrected chi connectivity index (χ3v) is 4.85. The Morgan fingerprint density at radius 1 is 0.842 bits per heavy atom. The maximum absolute atomic E-state index is 3.60. The number of rotatable bonds is 1. The first-order valence-electron chi connectivity index (χ1n) is 7.27. The van der Waals surface area contributed by atoms with E-state index in [1.54, 1.807) is 11.1 Å². The van der Waals surface area contributed by atoms with Crippen molar-refractivity contribution in [3.05, 3.63) is 71.3 Å². The minimum Gasteiger partial charge on any atom is -0.316 e. The summed E-state index contributed by atoms with van der Waals surface area (Å²) in [4.78, 5) is 0. The molecule has 4 rings (SSSR count). The van der Waals surface area contributed by atoms with E-state index in [9.17, 15) is 0 Å². The summed E-state index contributed by atoms with van der Waals surface area (Å²) in [6.07, 6.45) is 1.25. The maximum Gasteiger partial charge on any atom is 0.0136 e. The minimum absolute atomic E-state index is 0.575. The van der Waals surface area contributed by atoms with Gasteiger partial charge in [0, 0.05) is 5.92 Å². The monoisotopic (exact) mass is 249 g/mol. The minimum atomic E-state index is 0.575. The van der Waals surface area contributed by atoms with Gasteiger partial charge < -0.3 is 5.32 Å². The summed E-state index contributed by atoms with van der Waals surface area (Å²) in [5, 5.41) is 3.60. The van der Waals surface area contributed by atoms with Gasteiger partial charge in [-0.1, -0.05) is 54.6 Å². The van der Waals surface area contributed by atoms with Gasteiger partial charge in [0.1, 0.15) is 0 Å². The van der Waals surface area contributed by atoms with Crippen LogP contribution in [-0.2, 0) is 6.42 Å². The SMILES string of the molecule is c1ccc([C@@H]2c3ccccc3C[C@H]3CNC[C@@H]32)cc1. The number of benzene rings is 2. The van der Waals surface area contributed by atoms with Crippen molar-refractivity contribution in [1.29, 1.82) is 0 Å². The van der Waals surface area contributed by atoms with E-state index in [0.717, 1.165) is 11.8 Å². The van der Waals surface area contributed by atoms with Gasteiger partial charge in [-0.05, 0) is 48.0 Å². The van der Waals surface area contributed by atoms with Gasteiger partial charge in [0.25, 0.3) is 0 Å². The molecule has 0 aromatic heterocycles. The molecule has 96 valence electrons. The fourth-order valence-corrected chi connectivity index (χ4v) is 3.99. The van der Waals surface area contributed by atoms with E-state index in [-0.39, 0.29) is 0 Å². The molecular formula is C18H19N. The molecule has 0 saturated carbocycles. The predicted octanol–water partition coefficient (Wildman–Crippen LogP) is 3.21. The summed E-state index contributed by atoms with van der Waals surface area (Å²) in [6, 6.07) is 20.1. The van der Waals surface area contributed by atoms with Crippen molar-refractivity contribution in [1.82, 2.24) is 5.32 Å². The van der Waals surface area contributed by atoms with Crippen molar-refractivity contribution in [3.8, 4) is 0 Å². The van der Waals surface area contributed by atoms with Crippen molar-refractivity contribution in [2.75, 3.05) is 13.1 Å². The van der Waals surface area contributed by atoms with Gasteiger partial charge in [-0.25, -0.2) is 0 Å². The van der Waals surface area contributed by atoms with Crippen molar-refractivity contribution in [3.63, 3.8) is 0 Å². The van der Waals surface area contributed by atoms with Crippen LogP contribution >= 0.6 is 0 Å². The van der Waals surface area contributed by atoms with Crippen LogP contribution in [0.25, 0.3) is 0 Å². The molecule has 3 atom stereocenters. The second-order valence-corrected chi connectivity index (χ2v) is 5.87. The molecule has 1 heterocycles. The Labute approximate surface area is 114 Å². The molecule has 1 aliphatic heterocycles. The van der Waals surface area contributed by atoms with Crippen molar-refractivity contribution in [2.45, 2.75) is 12.3 Å². The molecule has 1 saturated heterocycles. The van der Waals surface area contributed by atoms with E-state index in [1.807, 2.05) is 0 Å². The number of nitrogens with one attached hydrogen (secondary N) is 1. The van der Waals surface area contributed by atoms with Gasteiger partial charge in [0.15, 0.2) is 0 Å². The molecule has 2 aromatic rings. The molecule has 0 amide bonds. The normalized spacial score (nSPS) is 28.7. The predicted molar refractivity (Wildman–Crippen MR) is 78.3 cm³/mol. The summed E-state index contributed by atoms with van der Waals surface area (Å²) < 4.78 is 0. The van der Waals surface area contributed by atoms with Crippen LogP contribution in [0, 0.1) is 11.8 Å². The summed E-state index contributed by atoms with van der Waals surface area (Å²) in [7, 11) is 0. The zero-order valence-electron chi connectivity index (χ0n) is 11.0. The molecule has 0 bridgehead atoms. The Hall–Kier alpha value is -1.60. The second kappa shape index (κ2) is 4.50. The Morgan fingerprint density at radius 2 is 1.63 bits per heavy atom. The average Bonchev–Trinajstić information content (AvgIpc) is 2.93. The van der Waals surface area contributed by atoms with Crippen LogP contribution in [0.5, 0.6) is 0 Å². The quantitative estimate of drug-likeness (QED) is 0.818. The van der Waals surface area contributed by atoms with Crippen LogP contribution in [0.3, 0.4) is 0 Å². The lowest BCUT2D eigenvalue weighted by molar-refractivity contribution is 0.353. The molecule has 1 heteroatoms. The van der Waals surface area contributed by atoms with Crippen LogP contribution in [-0.4, -0.2) is 13.1 Å². The van der Waals surface area contributed by atoms with E-state index in [1.165, 1.54) is 25.1 Å². The van der Waals surface area contributed by atoms with Crippen molar-refractivity contribution in [2.24, 2.45) is 11.8 Å². The topological polar surface area (TPSA) is 12.0 Å². The molecule has 0 unspecified atom stereocenters. The third-order valence-electron chi connectivity index (χ3n) is 4.85. The zero-order valence-corrected chi connectivity index (χ0v) is 11.0. The lowest BCUT2D eigenvalue weighted by Gasteiger charge is -2.35. The Kier molecular flexibility index (Phi) is 2.66. The molecule has 0 spiro atoms. The van der Waals surface area contributed by atoms with Gasteiger partial charge in [0.2, 0.25) is 0 Å². The second-order valence-electron chi connectivity index (χ2n) is 5.87. The van der Waals surface area contributed by atoms with Gasteiger partial charge in [-0.2, -0.15) is 0 Å². The smallest absolute Gasteiger partial charge is 0.0136 e. The van der Waals surface area contributed by atoms with E-state index >= 15 is 0 Å². The van der Waals surface area contributed by atoms with Gasteiger partial charge in [-0.3, -0.25) is 0 Å². The van der Waals surface area contributed by atoms with E-state index in [4.69, 9.17) is 0 Å². The molecule has 1 nitrogen and oxygen atoms in total. The summed E-state index contributed by atoms with van der Waals surface area (Å²) in [5.74, 6) is 2.14. The Morgan fingerprint density at radius 3 is 2.53 bits per heavy atom. The molecule has 2 aromatic carbocycles. The van der Waals surface area contributed by atoms with E-state index in [0.29, 0.717) is 5.92 Å². The highest BCUT2D eigenvalue weighted by atomic mass is 14.9. The van der Waals surface area contributed by atoms with E-state index < -0.39 is 0 Å². The molecule has 1 aliphatic carbocycles. The van der Waals surface area contributed by atoms with Crippen molar-refractivity contribution >= 4 is 0 Å². The van der Waals surface area contributed by atoms with Crippen LogP contribution in [0.2, 0.25) is 0 Å². The average molecular weight is 249 g/mol. The van der Waals surface area contributed by atoms with E-state index in [2.05, 4.69) is 59.9 Å². The van der Waals surface area contributed by atoms with Gasteiger partial charge in [0.05, 0.1) is 0 Å². The first kappa shape index (κ1) is 11.2. The first-order valence-corrected chi connectivity index (χ1v) is 7.27. The summed E-state index contributed by atoms with van der Waals surface area (Å²) in [5.41, 5.74) is 4.59. The highest BCUT2D eigenvalue weighted by Crippen LogP contribution is 2.44. The van der Waals surface area contributed by atoms with Gasteiger partial charge in [-0.15, -0.1) is 0 Å². The van der Waals surface area contributed by atoms with Crippen LogP contribution in [0.1, 0.15) is 22.6 Å². The Balaban J connectivity index is 1.86. The van der Waals surface area contributed by atoms with Crippen LogP contribution in [0.15, 0.2) is 54.6 Å². The number of hydrogen-bond donors (Lipinski definition) is 1. The fraction of sp³-hybridized carbons (Fsp3) is 0.333. The van der Waals surface area contributed by atoms with Crippen LogP contribution < -0.4 is 5.32 Å². The van der Waals surface area contributed by atoms with Crippen molar-refractivity contribution < 1.29 is 0 Å². The van der Waals surface area contributed by atoms with Gasteiger partial charge >= 0.3 is 0 Å². The zero-order chi connectivity index (χ0) is 12.7. The standard InChI is InChI=1S/C18H19N/c1-2-6-13(7-3-1)18-16-9-5-4-8-14(16)10-15-11-19-12-17(15)18/h1-9,15,17-19H,10-12H2/t15-,17-,18+/m0/s1. The highest BCUT2D eigenvalue weighted by molar-refractivity contribution is 5.42. The first-order chi connectivity index (χ1) is 9.43.